The third-order valence-electron chi connectivity index (χ3n) is 8.18. The molecule has 3 aromatic rings. The van der Waals surface area contributed by atoms with Crippen LogP contribution in [0.25, 0.3) is 0 Å². The Labute approximate surface area is 252 Å². The van der Waals surface area contributed by atoms with Gasteiger partial charge in [0, 0.05) is 23.6 Å². The summed E-state index contributed by atoms with van der Waals surface area (Å²) in [6.45, 7) is 6.99. The minimum absolute atomic E-state index is 0.000333. The lowest BCUT2D eigenvalue weighted by Crippen LogP contribution is -2.45. The number of nitrogens with zero attached hydrogens (tertiary/aromatic N) is 2. The third kappa shape index (κ3) is 5.33. The second-order valence-electron chi connectivity index (χ2n) is 11.6. The summed E-state index contributed by atoms with van der Waals surface area (Å²) in [4.78, 5) is 8.27. The fourth-order valence-corrected chi connectivity index (χ4v) is 5.69. The number of halogens is 9. The number of aliphatic imine (C=N–C) groups is 2. The summed E-state index contributed by atoms with van der Waals surface area (Å²) >= 11 is 0. The zero-order chi connectivity index (χ0) is 33.5. The number of alkyl halides is 9. The summed E-state index contributed by atoms with van der Waals surface area (Å²) in [6, 6.07) is 9.85. The summed E-state index contributed by atoms with van der Waals surface area (Å²) in [5.74, 6) is -3.30. The Morgan fingerprint density at radius 1 is 0.622 bits per heavy atom. The Hall–Kier alpha value is -4.03. The van der Waals surface area contributed by atoms with Gasteiger partial charge in [0.15, 0.2) is 5.90 Å². The molecule has 5 rings (SSSR count). The molecule has 0 N–H and O–H groups in total. The van der Waals surface area contributed by atoms with Crippen LogP contribution in [0.1, 0.15) is 71.2 Å². The van der Waals surface area contributed by atoms with Crippen LogP contribution in [0.15, 0.2) is 58.5 Å². The molecule has 3 unspecified atom stereocenters. The molecule has 2 heterocycles. The predicted octanol–water partition coefficient (Wildman–Crippen LogP) is 10.0. The maximum absolute atomic E-state index is 14.9. The normalized spacial score (nSPS) is 22.4. The Kier molecular flexibility index (Phi) is 7.37. The van der Waals surface area contributed by atoms with E-state index in [0.717, 1.165) is 23.8 Å². The molecule has 240 valence electrons. The molecule has 0 radical (unpaired) electrons. The van der Waals surface area contributed by atoms with E-state index in [-0.39, 0.29) is 39.9 Å². The molecule has 3 aromatic carbocycles. The van der Waals surface area contributed by atoms with Gasteiger partial charge in [-0.1, -0.05) is 29.8 Å². The first-order valence-electron chi connectivity index (χ1n) is 13.7. The van der Waals surface area contributed by atoms with Crippen LogP contribution in [0.4, 0.5) is 50.9 Å². The van der Waals surface area contributed by atoms with Gasteiger partial charge in [-0.05, 0) is 81.1 Å². The van der Waals surface area contributed by atoms with Crippen LogP contribution < -0.4 is 0 Å². The molecule has 2 aliphatic heterocycles. The van der Waals surface area contributed by atoms with Gasteiger partial charge in [0.2, 0.25) is 17.1 Å². The summed E-state index contributed by atoms with van der Waals surface area (Å²) < 4.78 is 142. The lowest BCUT2D eigenvalue weighted by atomic mass is 9.80. The molecule has 13 heteroatoms. The second-order valence-corrected chi connectivity index (χ2v) is 11.6. The fraction of sp³-hybridized carbons (Fsp3) is 0.375. The number of ether oxygens (including phenoxy) is 2. The average Bonchev–Trinajstić information content (AvgIpc) is 2.88. The Morgan fingerprint density at radius 3 is 1.51 bits per heavy atom. The van der Waals surface area contributed by atoms with Crippen molar-refractivity contribution >= 4 is 23.2 Å². The van der Waals surface area contributed by atoms with Gasteiger partial charge in [-0.3, -0.25) is 0 Å². The minimum atomic E-state index is -5.13. The van der Waals surface area contributed by atoms with E-state index in [1.165, 1.54) is 32.9 Å². The van der Waals surface area contributed by atoms with Crippen LogP contribution in [0, 0.1) is 20.8 Å². The maximum atomic E-state index is 14.9. The number of aryl methyl sites for hydroxylation is 3. The largest absolute Gasteiger partial charge is 0.460 e. The molecule has 0 saturated carbocycles. The van der Waals surface area contributed by atoms with Crippen molar-refractivity contribution in [1.82, 2.24) is 0 Å². The van der Waals surface area contributed by atoms with Crippen LogP contribution in [0.5, 0.6) is 0 Å². The summed E-state index contributed by atoms with van der Waals surface area (Å²) in [5.41, 5.74) is -8.06. The highest BCUT2D eigenvalue weighted by Gasteiger charge is 2.60. The van der Waals surface area contributed by atoms with Crippen molar-refractivity contribution < 1.29 is 49.0 Å². The standard InChI is InChI=1S/C32H27F9N2O2/c1-15-7-9-19(10-8-15)27-43-26-17(3)12-21(14-23(26)29(6,45-27)32(39,40)41)24(30(33,34)35)20-11-16(2)25-22(13-20)28(5,31(36,37)38)44-18(4)42-25/h7-14,24H,1-6H3. The molecular formula is C32H27F9N2O2. The number of hydrogen-bond acceptors (Lipinski definition) is 4. The SMILES string of the molecule is CC1=Nc2c(C)cc(C(c3cc(C)c4c(c3)C(C)(C(F)(F)F)OC(c3ccc(C)cc3)=N4)C(F)(F)F)cc2C(C)(C(F)(F)F)O1. The number of hydrogen-bond donors (Lipinski definition) is 0. The van der Waals surface area contributed by atoms with Crippen molar-refractivity contribution in [2.24, 2.45) is 9.98 Å². The van der Waals surface area contributed by atoms with Crippen LogP contribution in [-0.2, 0) is 20.7 Å². The molecule has 2 aliphatic rings. The fourth-order valence-electron chi connectivity index (χ4n) is 5.69. The monoisotopic (exact) mass is 642 g/mol. The Morgan fingerprint density at radius 2 is 1.07 bits per heavy atom. The molecule has 4 nitrogen and oxygen atoms in total. The molecule has 0 bridgehead atoms. The third-order valence-corrected chi connectivity index (χ3v) is 8.18. The van der Waals surface area contributed by atoms with Crippen LogP contribution in [0.2, 0.25) is 0 Å². The summed E-state index contributed by atoms with van der Waals surface area (Å²) in [5, 5.41) is 0. The first-order valence-corrected chi connectivity index (χ1v) is 13.7. The van der Waals surface area contributed by atoms with Gasteiger partial charge < -0.3 is 9.47 Å². The van der Waals surface area contributed by atoms with Gasteiger partial charge in [0.05, 0.1) is 11.4 Å². The van der Waals surface area contributed by atoms with Crippen molar-refractivity contribution in [3.63, 3.8) is 0 Å². The minimum Gasteiger partial charge on any atom is -0.460 e. The predicted molar refractivity (Wildman–Crippen MR) is 149 cm³/mol. The van der Waals surface area contributed by atoms with Crippen LogP contribution in [0.3, 0.4) is 0 Å². The van der Waals surface area contributed by atoms with Gasteiger partial charge in [-0.2, -0.15) is 39.5 Å². The number of fused-ring (bicyclic) bond motifs is 2. The molecule has 0 amide bonds. The van der Waals surface area contributed by atoms with E-state index in [9.17, 15) is 39.5 Å². The van der Waals surface area contributed by atoms with Crippen molar-refractivity contribution in [3.05, 3.63) is 93.0 Å². The molecule has 45 heavy (non-hydrogen) atoms. The quantitative estimate of drug-likeness (QED) is 0.267. The highest BCUT2D eigenvalue weighted by molar-refractivity contribution is 5.98. The number of benzene rings is 3. The molecule has 0 aromatic heterocycles. The Bertz CT molecular complexity index is 1740. The highest BCUT2D eigenvalue weighted by Crippen LogP contribution is 2.54. The Balaban J connectivity index is 1.75. The molecule has 3 atom stereocenters. The van der Waals surface area contributed by atoms with E-state index in [1.54, 1.807) is 19.1 Å². The molecule has 0 saturated heterocycles. The molecule has 0 fully saturated rings. The molecule has 0 spiro atoms. The van der Waals surface area contributed by atoms with E-state index in [4.69, 9.17) is 9.47 Å². The average molecular weight is 643 g/mol. The lowest BCUT2D eigenvalue weighted by Gasteiger charge is -2.38. The number of rotatable bonds is 3. The van der Waals surface area contributed by atoms with E-state index in [1.807, 2.05) is 0 Å². The first kappa shape index (κ1) is 32.4. The van der Waals surface area contributed by atoms with E-state index in [2.05, 4.69) is 9.98 Å². The second kappa shape index (κ2) is 10.2. The summed E-state index contributed by atoms with van der Waals surface area (Å²) in [6.07, 6.45) is -15.3. The summed E-state index contributed by atoms with van der Waals surface area (Å²) in [7, 11) is 0. The first-order chi connectivity index (χ1) is 20.6. The maximum Gasteiger partial charge on any atom is 0.432 e. The van der Waals surface area contributed by atoms with Crippen molar-refractivity contribution in [1.29, 1.82) is 0 Å². The zero-order valence-corrected chi connectivity index (χ0v) is 24.8. The molecule has 0 aliphatic carbocycles. The topological polar surface area (TPSA) is 43.2 Å². The van der Waals surface area contributed by atoms with Crippen LogP contribution >= 0.6 is 0 Å². The smallest absolute Gasteiger partial charge is 0.432 e. The highest BCUT2D eigenvalue weighted by atomic mass is 19.4. The van der Waals surface area contributed by atoms with Crippen molar-refractivity contribution in [3.8, 4) is 0 Å². The zero-order valence-electron chi connectivity index (χ0n) is 24.8. The van der Waals surface area contributed by atoms with Crippen LogP contribution in [-0.4, -0.2) is 30.3 Å². The van der Waals surface area contributed by atoms with Gasteiger partial charge >= 0.3 is 18.5 Å². The van der Waals surface area contributed by atoms with Gasteiger partial charge in [0.25, 0.3) is 0 Å². The van der Waals surface area contributed by atoms with Crippen molar-refractivity contribution in [2.45, 2.75) is 77.2 Å². The van der Waals surface area contributed by atoms with Gasteiger partial charge in [-0.15, -0.1) is 0 Å². The lowest BCUT2D eigenvalue weighted by molar-refractivity contribution is -0.253. The van der Waals surface area contributed by atoms with E-state index in [0.29, 0.717) is 19.9 Å². The van der Waals surface area contributed by atoms with E-state index < -0.39 is 57.9 Å². The van der Waals surface area contributed by atoms with Crippen molar-refractivity contribution in [2.75, 3.05) is 0 Å². The van der Waals surface area contributed by atoms with E-state index >= 15 is 0 Å². The van der Waals surface area contributed by atoms with Gasteiger partial charge in [-0.25, -0.2) is 9.98 Å². The molecular weight excluding hydrogens is 615 g/mol. The van der Waals surface area contributed by atoms with Gasteiger partial charge in [0.1, 0.15) is 5.92 Å².